The molecular formula is C17H20N2O5. The highest BCUT2D eigenvalue weighted by Crippen LogP contribution is 2.30. The van der Waals surface area contributed by atoms with Gasteiger partial charge < -0.3 is 24.5 Å². The monoisotopic (exact) mass is 332 g/mol. The first kappa shape index (κ1) is 17.4. The number of furan rings is 1. The third-order valence-corrected chi connectivity index (χ3v) is 3.42. The van der Waals surface area contributed by atoms with Gasteiger partial charge >= 0.3 is 0 Å². The van der Waals surface area contributed by atoms with Gasteiger partial charge in [0.2, 0.25) is 5.91 Å². The van der Waals surface area contributed by atoms with Gasteiger partial charge in [0.15, 0.2) is 17.3 Å². The fraction of sp³-hybridized carbons (Fsp3) is 0.294. The molecule has 1 unspecified atom stereocenters. The highest BCUT2D eigenvalue weighted by Gasteiger charge is 2.18. The molecule has 24 heavy (non-hydrogen) atoms. The summed E-state index contributed by atoms with van der Waals surface area (Å²) in [6.45, 7) is 1.85. The SMILES string of the molecule is COc1cccc(CNC(=O)C(C)NC(=O)c2ccco2)c1OC. The number of hydrogen-bond acceptors (Lipinski definition) is 5. The molecule has 0 aliphatic rings. The predicted molar refractivity (Wildman–Crippen MR) is 87.0 cm³/mol. The Morgan fingerprint density at radius 1 is 1.17 bits per heavy atom. The summed E-state index contributed by atoms with van der Waals surface area (Å²) in [5.41, 5.74) is 0.773. The van der Waals surface area contributed by atoms with Crippen LogP contribution in [0, 0.1) is 0 Å². The lowest BCUT2D eigenvalue weighted by molar-refractivity contribution is -0.122. The van der Waals surface area contributed by atoms with Gasteiger partial charge in [0.05, 0.1) is 20.5 Å². The van der Waals surface area contributed by atoms with Crippen LogP contribution in [0.4, 0.5) is 0 Å². The number of carbonyl (C=O) groups excluding carboxylic acids is 2. The van der Waals surface area contributed by atoms with Crippen LogP contribution < -0.4 is 20.1 Å². The maximum absolute atomic E-state index is 12.1. The number of methoxy groups -OCH3 is 2. The molecule has 0 saturated heterocycles. The highest BCUT2D eigenvalue weighted by molar-refractivity contribution is 5.95. The molecule has 7 heteroatoms. The van der Waals surface area contributed by atoms with E-state index >= 15 is 0 Å². The number of carbonyl (C=O) groups is 2. The van der Waals surface area contributed by atoms with Gasteiger partial charge in [-0.05, 0) is 25.1 Å². The molecule has 0 spiro atoms. The molecule has 128 valence electrons. The predicted octanol–water partition coefficient (Wildman–Crippen LogP) is 1.73. The van der Waals surface area contributed by atoms with Crippen molar-refractivity contribution >= 4 is 11.8 Å². The molecule has 1 aromatic heterocycles. The van der Waals surface area contributed by atoms with Crippen LogP contribution in [-0.2, 0) is 11.3 Å². The van der Waals surface area contributed by atoms with Crippen molar-refractivity contribution in [3.63, 3.8) is 0 Å². The molecule has 0 saturated carbocycles. The number of amides is 2. The molecule has 2 amide bonds. The molecule has 0 bridgehead atoms. The Bertz CT molecular complexity index is 697. The number of benzene rings is 1. The second-order valence-electron chi connectivity index (χ2n) is 5.04. The molecule has 2 aromatic rings. The van der Waals surface area contributed by atoms with Crippen LogP contribution in [0.5, 0.6) is 11.5 Å². The Labute approximate surface area is 139 Å². The van der Waals surface area contributed by atoms with Crippen molar-refractivity contribution in [2.24, 2.45) is 0 Å². The molecule has 1 heterocycles. The van der Waals surface area contributed by atoms with Crippen LogP contribution in [-0.4, -0.2) is 32.1 Å². The van der Waals surface area contributed by atoms with Crippen LogP contribution >= 0.6 is 0 Å². The van der Waals surface area contributed by atoms with E-state index in [1.165, 1.54) is 19.4 Å². The molecule has 0 aliphatic carbocycles. The largest absolute Gasteiger partial charge is 0.493 e. The quantitative estimate of drug-likeness (QED) is 0.806. The Balaban J connectivity index is 1.94. The molecule has 7 nitrogen and oxygen atoms in total. The van der Waals surface area contributed by atoms with E-state index in [1.807, 2.05) is 12.1 Å². The maximum Gasteiger partial charge on any atom is 0.287 e. The lowest BCUT2D eigenvalue weighted by Crippen LogP contribution is -2.44. The van der Waals surface area contributed by atoms with Crippen LogP contribution in [0.3, 0.4) is 0 Å². The van der Waals surface area contributed by atoms with E-state index < -0.39 is 11.9 Å². The third-order valence-electron chi connectivity index (χ3n) is 3.42. The van der Waals surface area contributed by atoms with Crippen LogP contribution in [0.2, 0.25) is 0 Å². The number of para-hydroxylation sites is 1. The minimum Gasteiger partial charge on any atom is -0.493 e. The van der Waals surface area contributed by atoms with Crippen LogP contribution in [0.1, 0.15) is 23.0 Å². The average molecular weight is 332 g/mol. The first-order chi connectivity index (χ1) is 11.6. The standard InChI is InChI=1S/C17H20N2O5/c1-11(19-17(21)14-8-5-9-24-14)16(20)18-10-12-6-4-7-13(22-2)15(12)23-3/h4-9,11H,10H2,1-3H3,(H,18,20)(H,19,21). The summed E-state index contributed by atoms with van der Waals surface area (Å²) in [5, 5.41) is 5.32. The van der Waals surface area contributed by atoms with Crippen LogP contribution in [0.25, 0.3) is 0 Å². The lowest BCUT2D eigenvalue weighted by atomic mass is 10.1. The summed E-state index contributed by atoms with van der Waals surface area (Å²) in [7, 11) is 3.09. The first-order valence-corrected chi connectivity index (χ1v) is 7.38. The van der Waals surface area contributed by atoms with Gasteiger partial charge in [0.25, 0.3) is 5.91 Å². The summed E-state index contributed by atoms with van der Waals surface area (Å²) in [4.78, 5) is 24.0. The number of hydrogen-bond donors (Lipinski definition) is 2. The van der Waals surface area contributed by atoms with E-state index in [9.17, 15) is 9.59 Å². The Morgan fingerprint density at radius 2 is 1.96 bits per heavy atom. The summed E-state index contributed by atoms with van der Waals surface area (Å²) >= 11 is 0. The van der Waals surface area contributed by atoms with Gasteiger partial charge in [-0.3, -0.25) is 9.59 Å². The number of ether oxygens (including phenoxy) is 2. The van der Waals surface area contributed by atoms with Crippen molar-refractivity contribution in [3.05, 3.63) is 47.9 Å². The summed E-state index contributed by atoms with van der Waals surface area (Å²) in [6.07, 6.45) is 1.40. The van der Waals surface area contributed by atoms with Gasteiger partial charge in [-0.15, -0.1) is 0 Å². The van der Waals surface area contributed by atoms with Crippen LogP contribution in [0.15, 0.2) is 41.0 Å². The highest BCUT2D eigenvalue weighted by atomic mass is 16.5. The Hall–Kier alpha value is -2.96. The Kier molecular flexibility index (Phi) is 5.83. The second-order valence-corrected chi connectivity index (χ2v) is 5.04. The third kappa shape index (κ3) is 4.07. The van der Waals surface area contributed by atoms with Crippen molar-refractivity contribution in [1.82, 2.24) is 10.6 Å². The van der Waals surface area contributed by atoms with Crippen molar-refractivity contribution < 1.29 is 23.5 Å². The fourth-order valence-corrected chi connectivity index (χ4v) is 2.17. The average Bonchev–Trinajstić information content (AvgIpc) is 3.13. The van der Waals surface area contributed by atoms with E-state index in [2.05, 4.69) is 10.6 Å². The fourth-order valence-electron chi connectivity index (χ4n) is 2.17. The van der Waals surface area contributed by atoms with Crippen molar-refractivity contribution in [3.8, 4) is 11.5 Å². The maximum atomic E-state index is 12.1. The zero-order valence-corrected chi connectivity index (χ0v) is 13.8. The molecule has 2 N–H and O–H groups in total. The molecule has 1 atom stereocenters. The topological polar surface area (TPSA) is 89.8 Å². The van der Waals surface area contributed by atoms with Gasteiger partial charge in [-0.2, -0.15) is 0 Å². The molecule has 0 fully saturated rings. The Morgan fingerprint density at radius 3 is 2.58 bits per heavy atom. The van der Waals surface area contributed by atoms with E-state index in [1.54, 1.807) is 26.2 Å². The zero-order chi connectivity index (χ0) is 17.5. The van der Waals surface area contributed by atoms with Crippen molar-refractivity contribution in [1.29, 1.82) is 0 Å². The second kappa shape index (κ2) is 8.05. The van der Waals surface area contributed by atoms with E-state index in [0.29, 0.717) is 11.5 Å². The van der Waals surface area contributed by atoms with E-state index in [0.717, 1.165) is 5.56 Å². The van der Waals surface area contributed by atoms with Gasteiger partial charge in [-0.1, -0.05) is 12.1 Å². The molecular weight excluding hydrogens is 312 g/mol. The van der Waals surface area contributed by atoms with Gasteiger partial charge in [0, 0.05) is 12.1 Å². The smallest absolute Gasteiger partial charge is 0.287 e. The first-order valence-electron chi connectivity index (χ1n) is 7.38. The van der Waals surface area contributed by atoms with Gasteiger partial charge in [0.1, 0.15) is 6.04 Å². The number of rotatable bonds is 7. The summed E-state index contributed by atoms with van der Waals surface area (Å²) < 4.78 is 15.5. The molecule has 1 aromatic carbocycles. The summed E-state index contributed by atoms with van der Waals surface area (Å²) in [5.74, 6) is 0.543. The molecule has 2 rings (SSSR count). The summed E-state index contributed by atoms with van der Waals surface area (Å²) in [6, 6.07) is 7.84. The van der Waals surface area contributed by atoms with Crippen molar-refractivity contribution in [2.45, 2.75) is 19.5 Å². The molecule has 0 aliphatic heterocycles. The minimum absolute atomic E-state index is 0.157. The van der Waals surface area contributed by atoms with Gasteiger partial charge in [-0.25, -0.2) is 0 Å². The lowest BCUT2D eigenvalue weighted by Gasteiger charge is -2.16. The normalized spacial score (nSPS) is 11.5. The zero-order valence-electron chi connectivity index (χ0n) is 13.8. The minimum atomic E-state index is -0.709. The van der Waals surface area contributed by atoms with Crippen molar-refractivity contribution in [2.75, 3.05) is 14.2 Å². The van der Waals surface area contributed by atoms with E-state index in [-0.39, 0.29) is 18.2 Å². The molecule has 0 radical (unpaired) electrons. The number of nitrogens with one attached hydrogen (secondary N) is 2. The van der Waals surface area contributed by atoms with E-state index in [4.69, 9.17) is 13.9 Å².